The van der Waals surface area contributed by atoms with Crippen LogP contribution in [0.3, 0.4) is 0 Å². The number of likely N-dealkylation sites (N-methyl/N-ethyl adjacent to an activating group) is 1. The molecule has 0 aromatic carbocycles. The third-order valence-electron chi connectivity index (χ3n) is 1.02. The van der Waals surface area contributed by atoms with E-state index in [1.807, 2.05) is 0 Å². The molecule has 12 heavy (non-hydrogen) atoms. The summed E-state index contributed by atoms with van der Waals surface area (Å²) in [4.78, 5) is 11.9. The van der Waals surface area contributed by atoms with Gasteiger partial charge in [-0.2, -0.15) is 0 Å². The van der Waals surface area contributed by atoms with Crippen molar-refractivity contribution < 1.29 is 4.79 Å². The fourth-order valence-electron chi connectivity index (χ4n) is 0.561. The summed E-state index contributed by atoms with van der Waals surface area (Å²) in [7, 11) is 1.69. The second-order valence-corrected chi connectivity index (χ2v) is 2.21. The average Bonchev–Trinajstić information content (AvgIpc) is 2.08. The van der Waals surface area contributed by atoms with Gasteiger partial charge in [-0.1, -0.05) is 0 Å². The normalized spacial score (nSPS) is 14.9. The Hall–Kier alpha value is -1.79. The maximum Gasteiger partial charge on any atom is 0.246 e. The number of nitrogens with one attached hydrogen (secondary N) is 3. The predicted molar refractivity (Wildman–Crippen MR) is 44.6 cm³/mol. The first-order chi connectivity index (χ1) is 5.43. The number of nitrogens with zero attached hydrogens (tertiary/aromatic N) is 1. The van der Waals surface area contributed by atoms with Crippen LogP contribution in [0, 0.1) is 10.8 Å². The van der Waals surface area contributed by atoms with Crippen LogP contribution in [0.4, 0.5) is 0 Å². The van der Waals surface area contributed by atoms with Gasteiger partial charge in [-0.05, 0) is 0 Å². The van der Waals surface area contributed by atoms with Crippen LogP contribution in [0.1, 0.15) is 0 Å². The Morgan fingerprint density at radius 3 is 2.17 bits per heavy atom. The molecule has 1 aliphatic rings. The lowest BCUT2D eigenvalue weighted by atomic mass is 10.6. The summed E-state index contributed by atoms with van der Waals surface area (Å²) in [6.45, 7) is 0.318. The monoisotopic (exact) mass is 172 g/mol. The van der Waals surface area contributed by atoms with Gasteiger partial charge in [0.25, 0.3) is 0 Å². The fourth-order valence-corrected chi connectivity index (χ4v) is 0.561. The molecule has 1 rings (SSSR count). The van der Waals surface area contributed by atoms with Crippen molar-refractivity contribution in [3.8, 4) is 0 Å². The molecule has 0 aliphatic carbocycles. The van der Waals surface area contributed by atoms with Gasteiger partial charge in [0, 0.05) is 7.05 Å². The summed E-state index contributed by atoms with van der Waals surface area (Å²) in [5.41, 5.74) is 8.94. The first kappa shape index (κ1) is 10.2. The molecule has 1 fully saturated rings. The number of carbonyl (C=O) groups excluding carboxylic acids is 1. The summed E-state index contributed by atoms with van der Waals surface area (Å²) >= 11 is 0. The van der Waals surface area contributed by atoms with Crippen molar-refractivity contribution in [2.24, 2.45) is 11.5 Å². The van der Waals surface area contributed by atoms with E-state index in [2.05, 4.69) is 16.8 Å². The van der Waals surface area contributed by atoms with Gasteiger partial charge in [0.1, 0.15) is 0 Å². The quantitative estimate of drug-likeness (QED) is 0.210. The van der Waals surface area contributed by atoms with Gasteiger partial charge >= 0.3 is 0 Å². The average molecular weight is 172 g/mol. The Kier molecular flexibility index (Phi) is 3.54. The van der Waals surface area contributed by atoms with Crippen LogP contribution in [-0.2, 0) is 4.79 Å². The largest absolute Gasteiger partial charge is 0.370 e. The van der Waals surface area contributed by atoms with Crippen molar-refractivity contribution in [3.05, 3.63) is 0 Å². The van der Waals surface area contributed by atoms with Crippen LogP contribution in [0.15, 0.2) is 0 Å². The van der Waals surface area contributed by atoms with Crippen molar-refractivity contribution in [3.63, 3.8) is 0 Å². The smallest absolute Gasteiger partial charge is 0.246 e. The predicted octanol–water partition coefficient (Wildman–Crippen LogP) is -2.18. The zero-order valence-corrected chi connectivity index (χ0v) is 6.72. The molecule has 1 amide bonds. The second kappa shape index (κ2) is 4.16. The lowest BCUT2D eigenvalue weighted by molar-refractivity contribution is -0.118. The van der Waals surface area contributed by atoms with Gasteiger partial charge in [0.05, 0.1) is 6.54 Å². The van der Waals surface area contributed by atoms with E-state index in [1.54, 1.807) is 11.9 Å². The molecule has 7 N–H and O–H groups in total. The van der Waals surface area contributed by atoms with Crippen LogP contribution in [0.25, 0.3) is 0 Å². The summed E-state index contributed by atoms with van der Waals surface area (Å²) in [6.07, 6.45) is 0. The van der Waals surface area contributed by atoms with E-state index >= 15 is 0 Å². The van der Waals surface area contributed by atoms with Crippen LogP contribution in [0.5, 0.6) is 0 Å². The van der Waals surface area contributed by atoms with E-state index < -0.39 is 0 Å². The van der Waals surface area contributed by atoms with Gasteiger partial charge in [0.2, 0.25) is 5.91 Å². The summed E-state index contributed by atoms with van der Waals surface area (Å²) < 4.78 is 0. The van der Waals surface area contributed by atoms with Crippen molar-refractivity contribution in [1.29, 1.82) is 10.8 Å². The highest BCUT2D eigenvalue weighted by Crippen LogP contribution is 1.89. The molecule has 0 saturated carbocycles. The van der Waals surface area contributed by atoms with Gasteiger partial charge < -0.3 is 16.4 Å². The van der Waals surface area contributed by atoms with E-state index in [1.165, 1.54) is 0 Å². The number of hydrogen-bond acceptors (Lipinski definition) is 3. The lowest BCUT2D eigenvalue weighted by Gasteiger charge is -2.03. The van der Waals surface area contributed by atoms with Gasteiger partial charge in [0.15, 0.2) is 11.9 Å². The molecule has 0 unspecified atom stereocenters. The van der Waals surface area contributed by atoms with Crippen molar-refractivity contribution in [2.75, 3.05) is 13.6 Å². The maximum atomic E-state index is 10.4. The number of hydrogen-bond donors (Lipinski definition) is 5. The molecule has 0 radical (unpaired) electrons. The maximum absolute atomic E-state index is 10.4. The van der Waals surface area contributed by atoms with Crippen LogP contribution in [0.2, 0.25) is 0 Å². The lowest BCUT2D eigenvalue weighted by Crippen LogP contribution is -2.25. The van der Waals surface area contributed by atoms with E-state index in [4.69, 9.17) is 10.8 Å². The van der Waals surface area contributed by atoms with Crippen molar-refractivity contribution >= 4 is 17.8 Å². The fraction of sp³-hybridized carbons (Fsp3) is 0.400. The van der Waals surface area contributed by atoms with Gasteiger partial charge in [-0.3, -0.25) is 20.9 Å². The Morgan fingerprint density at radius 1 is 1.67 bits per heavy atom. The van der Waals surface area contributed by atoms with Crippen LogP contribution < -0.4 is 16.8 Å². The van der Waals surface area contributed by atoms with Crippen LogP contribution >= 0.6 is 0 Å². The number of carbonyl (C=O) groups is 1. The van der Waals surface area contributed by atoms with E-state index in [0.717, 1.165) is 0 Å². The first-order valence-electron chi connectivity index (χ1n) is 3.12. The molecule has 68 valence electrons. The summed E-state index contributed by atoms with van der Waals surface area (Å²) in [5, 5.41) is 15.4. The Morgan fingerprint density at radius 2 is 2.08 bits per heavy atom. The zero-order chi connectivity index (χ0) is 9.72. The molecule has 1 aliphatic heterocycles. The molecule has 1 heterocycles. The molecule has 1 saturated heterocycles. The zero-order valence-electron chi connectivity index (χ0n) is 6.72. The third kappa shape index (κ3) is 4.09. The number of nitrogens with two attached hydrogens (primary N) is 2. The Labute approximate surface area is 69.7 Å². The molecule has 0 bridgehead atoms. The number of rotatable bonds is 0. The highest BCUT2D eigenvalue weighted by molar-refractivity contribution is 6.02. The molecule has 0 spiro atoms. The minimum atomic E-state index is -0.333. The topological polar surface area (TPSA) is 132 Å². The minimum absolute atomic E-state index is 0.0995. The Bertz CT molecular complexity index is 208. The second-order valence-electron chi connectivity index (χ2n) is 2.21. The van der Waals surface area contributed by atoms with E-state index in [0.29, 0.717) is 6.54 Å². The van der Waals surface area contributed by atoms with E-state index in [9.17, 15) is 4.79 Å². The van der Waals surface area contributed by atoms with Gasteiger partial charge in [-0.25, -0.2) is 0 Å². The Balaban J connectivity index is 0.000000261. The summed E-state index contributed by atoms with van der Waals surface area (Å²) in [5.74, 6) is -0.243. The number of guanidine groups is 2. The SMILES string of the molecule is CN1CC(=O)NC1=N.N=C(N)N. The van der Waals surface area contributed by atoms with Crippen molar-refractivity contribution in [2.45, 2.75) is 0 Å². The molecule has 0 atom stereocenters. The van der Waals surface area contributed by atoms with E-state index in [-0.39, 0.29) is 17.8 Å². The highest BCUT2D eigenvalue weighted by Gasteiger charge is 2.18. The third-order valence-corrected chi connectivity index (χ3v) is 1.02. The molecule has 0 aromatic rings. The van der Waals surface area contributed by atoms with Crippen LogP contribution in [-0.4, -0.2) is 36.3 Å². The molecule has 7 heteroatoms. The minimum Gasteiger partial charge on any atom is -0.370 e. The molecular formula is C5H12N6O. The first-order valence-corrected chi connectivity index (χ1v) is 3.12. The highest BCUT2D eigenvalue weighted by atomic mass is 16.2. The summed E-state index contributed by atoms with van der Waals surface area (Å²) in [6, 6.07) is 0. The molecule has 7 nitrogen and oxygen atoms in total. The van der Waals surface area contributed by atoms with Crippen molar-refractivity contribution in [1.82, 2.24) is 10.2 Å². The standard InChI is InChI=1S/C4H7N3O.CH5N3/c1-7-2-3(8)6-4(7)5;2-1(3)4/h2H2,1H3,(H2,5,6,8);(H5,2,3,4). The molecular weight excluding hydrogens is 160 g/mol. The molecule has 0 aromatic heterocycles. The number of amides is 1. The van der Waals surface area contributed by atoms with Gasteiger partial charge in [-0.15, -0.1) is 0 Å².